The summed E-state index contributed by atoms with van der Waals surface area (Å²) in [6, 6.07) is 11.0. The largest absolute Gasteiger partial charge is 0.241 e. The van der Waals surface area contributed by atoms with Crippen molar-refractivity contribution in [3.8, 4) is 0 Å². The Hall–Kier alpha value is -1.72. The fourth-order valence-corrected chi connectivity index (χ4v) is 4.13. The number of sulfonamides is 1. The molecule has 1 aliphatic rings. The molecule has 0 spiro atoms. The Morgan fingerprint density at radius 2 is 1.86 bits per heavy atom. The van der Waals surface area contributed by atoms with Crippen molar-refractivity contribution < 1.29 is 12.8 Å². The van der Waals surface area contributed by atoms with Gasteiger partial charge in [-0.3, -0.25) is 0 Å². The molecule has 22 heavy (non-hydrogen) atoms. The van der Waals surface area contributed by atoms with Gasteiger partial charge in [-0.25, -0.2) is 17.5 Å². The minimum absolute atomic E-state index is 0.257. The average molecular weight is 319 g/mol. The third-order valence-electron chi connectivity index (χ3n) is 4.05. The smallest absolute Gasteiger partial charge is 0.207 e. The van der Waals surface area contributed by atoms with Gasteiger partial charge in [-0.2, -0.15) is 0 Å². The maximum Gasteiger partial charge on any atom is 0.241 e. The van der Waals surface area contributed by atoms with Crippen LogP contribution in [-0.2, 0) is 16.4 Å². The summed E-state index contributed by atoms with van der Waals surface area (Å²) in [5.74, 6) is -0.277. The predicted octanol–water partition coefficient (Wildman–Crippen LogP) is 3.49. The fourth-order valence-electron chi connectivity index (χ4n) is 2.88. The highest BCUT2D eigenvalue weighted by atomic mass is 32.2. The molecular weight excluding hydrogens is 301 g/mol. The average Bonchev–Trinajstić information content (AvgIpc) is 2.47. The molecule has 3 nitrogen and oxygen atoms in total. The first-order chi connectivity index (χ1) is 10.5. The van der Waals surface area contributed by atoms with Crippen LogP contribution in [0.1, 0.15) is 35.6 Å². The van der Waals surface area contributed by atoms with Crippen molar-refractivity contribution in [3.05, 3.63) is 65.0 Å². The van der Waals surface area contributed by atoms with Crippen molar-refractivity contribution in [2.45, 2.75) is 37.1 Å². The molecule has 1 unspecified atom stereocenters. The summed E-state index contributed by atoms with van der Waals surface area (Å²) >= 11 is 0. The van der Waals surface area contributed by atoms with Gasteiger partial charge in [-0.15, -0.1) is 0 Å². The van der Waals surface area contributed by atoms with E-state index >= 15 is 0 Å². The normalized spacial score (nSPS) is 18.0. The Morgan fingerprint density at radius 3 is 2.59 bits per heavy atom. The van der Waals surface area contributed by atoms with Crippen LogP contribution < -0.4 is 4.72 Å². The van der Waals surface area contributed by atoms with Gasteiger partial charge < -0.3 is 0 Å². The predicted molar refractivity (Wildman–Crippen MR) is 83.6 cm³/mol. The van der Waals surface area contributed by atoms with Crippen molar-refractivity contribution >= 4 is 10.0 Å². The van der Waals surface area contributed by atoms with Gasteiger partial charge in [0.25, 0.3) is 0 Å². The Labute approximate surface area is 130 Å². The van der Waals surface area contributed by atoms with E-state index in [1.54, 1.807) is 30.3 Å². The molecule has 0 bridgehead atoms. The quantitative estimate of drug-likeness (QED) is 0.941. The van der Waals surface area contributed by atoms with Gasteiger partial charge in [-0.05, 0) is 61.6 Å². The molecule has 2 aromatic carbocycles. The molecule has 0 radical (unpaired) electrons. The summed E-state index contributed by atoms with van der Waals surface area (Å²) in [4.78, 5) is 0.257. The van der Waals surface area contributed by atoms with Crippen molar-refractivity contribution in [2.24, 2.45) is 0 Å². The lowest BCUT2D eigenvalue weighted by Crippen LogP contribution is -2.31. The van der Waals surface area contributed by atoms with Gasteiger partial charge in [0.2, 0.25) is 10.0 Å². The van der Waals surface area contributed by atoms with E-state index in [1.165, 1.54) is 12.1 Å². The molecule has 0 aliphatic heterocycles. The van der Waals surface area contributed by atoms with E-state index in [2.05, 4.69) is 4.72 Å². The molecule has 0 fully saturated rings. The Bertz CT molecular complexity index is 785. The topological polar surface area (TPSA) is 46.2 Å². The van der Waals surface area contributed by atoms with Crippen LogP contribution in [0.5, 0.6) is 0 Å². The van der Waals surface area contributed by atoms with Crippen LogP contribution in [0, 0.1) is 12.7 Å². The molecule has 1 N–H and O–H groups in total. The zero-order valence-electron chi connectivity index (χ0n) is 12.3. The maximum atomic E-state index is 13.3. The van der Waals surface area contributed by atoms with E-state index in [1.807, 2.05) is 6.92 Å². The molecule has 5 heteroatoms. The van der Waals surface area contributed by atoms with Gasteiger partial charge >= 0.3 is 0 Å². The van der Waals surface area contributed by atoms with E-state index in [-0.39, 0.29) is 16.8 Å². The molecule has 0 heterocycles. The lowest BCUT2D eigenvalue weighted by atomic mass is 9.88. The van der Waals surface area contributed by atoms with E-state index in [9.17, 15) is 12.8 Å². The van der Waals surface area contributed by atoms with Crippen LogP contribution >= 0.6 is 0 Å². The van der Waals surface area contributed by atoms with Crippen LogP contribution in [0.2, 0.25) is 0 Å². The van der Waals surface area contributed by atoms with Crippen molar-refractivity contribution in [2.75, 3.05) is 0 Å². The number of rotatable bonds is 3. The van der Waals surface area contributed by atoms with Gasteiger partial charge in [-0.1, -0.05) is 23.8 Å². The second-order valence-electron chi connectivity index (χ2n) is 5.72. The maximum absolute atomic E-state index is 13.3. The SMILES string of the molecule is Cc1ccc(S(=O)(=O)NC2CCCc3cc(F)ccc32)cc1. The number of halogens is 1. The second-order valence-corrected chi connectivity index (χ2v) is 7.44. The highest BCUT2D eigenvalue weighted by Crippen LogP contribution is 2.31. The summed E-state index contributed by atoms with van der Waals surface area (Å²) in [6.45, 7) is 1.91. The van der Waals surface area contributed by atoms with Crippen molar-refractivity contribution in [1.29, 1.82) is 0 Å². The molecule has 3 rings (SSSR count). The first-order valence-corrected chi connectivity index (χ1v) is 8.81. The third-order valence-corrected chi connectivity index (χ3v) is 5.54. The van der Waals surface area contributed by atoms with Gasteiger partial charge in [0, 0.05) is 6.04 Å². The van der Waals surface area contributed by atoms with Crippen molar-refractivity contribution in [3.63, 3.8) is 0 Å². The lowest BCUT2D eigenvalue weighted by Gasteiger charge is -2.26. The van der Waals surface area contributed by atoms with E-state index < -0.39 is 10.0 Å². The van der Waals surface area contributed by atoms with Gasteiger partial charge in [0.1, 0.15) is 5.82 Å². The molecule has 2 aromatic rings. The first kappa shape index (κ1) is 15.2. The van der Waals surface area contributed by atoms with E-state index in [0.717, 1.165) is 36.0 Å². The summed E-state index contributed by atoms with van der Waals surface area (Å²) in [7, 11) is -3.57. The summed E-state index contributed by atoms with van der Waals surface area (Å²) < 4.78 is 41.1. The minimum Gasteiger partial charge on any atom is -0.207 e. The molecule has 0 saturated carbocycles. The zero-order chi connectivity index (χ0) is 15.7. The Morgan fingerprint density at radius 1 is 1.14 bits per heavy atom. The number of fused-ring (bicyclic) bond motifs is 1. The molecular formula is C17H18FNO2S. The van der Waals surface area contributed by atoms with Gasteiger partial charge in [0.15, 0.2) is 0 Å². The lowest BCUT2D eigenvalue weighted by molar-refractivity contribution is 0.504. The Kier molecular flexibility index (Phi) is 4.02. The first-order valence-electron chi connectivity index (χ1n) is 7.33. The van der Waals surface area contributed by atoms with Crippen LogP contribution in [0.15, 0.2) is 47.4 Å². The summed E-state index contributed by atoms with van der Waals surface area (Å²) in [5.41, 5.74) is 2.78. The monoisotopic (exact) mass is 319 g/mol. The standard InChI is InChI=1S/C17H18FNO2S/c1-12-5-8-15(9-6-12)22(20,21)19-17-4-2-3-13-11-14(18)7-10-16(13)17/h5-11,17,19H,2-4H2,1H3. The fraction of sp³-hybridized carbons (Fsp3) is 0.294. The van der Waals surface area contributed by atoms with Crippen LogP contribution in [0.4, 0.5) is 4.39 Å². The molecule has 0 saturated heterocycles. The number of hydrogen-bond acceptors (Lipinski definition) is 2. The highest BCUT2D eigenvalue weighted by molar-refractivity contribution is 7.89. The zero-order valence-corrected chi connectivity index (χ0v) is 13.2. The van der Waals surface area contributed by atoms with E-state index in [0.29, 0.717) is 0 Å². The molecule has 0 amide bonds. The molecule has 1 aliphatic carbocycles. The summed E-state index contributed by atoms with van der Waals surface area (Å²) in [5, 5.41) is 0. The number of aryl methyl sites for hydroxylation is 2. The number of hydrogen-bond donors (Lipinski definition) is 1. The van der Waals surface area contributed by atoms with E-state index in [4.69, 9.17) is 0 Å². The van der Waals surface area contributed by atoms with Crippen LogP contribution in [0.25, 0.3) is 0 Å². The van der Waals surface area contributed by atoms with Crippen LogP contribution in [0.3, 0.4) is 0 Å². The third kappa shape index (κ3) is 3.05. The second kappa shape index (κ2) is 5.82. The molecule has 0 aromatic heterocycles. The van der Waals surface area contributed by atoms with Crippen molar-refractivity contribution in [1.82, 2.24) is 4.72 Å². The summed E-state index contributed by atoms with van der Waals surface area (Å²) in [6.07, 6.45) is 2.36. The number of nitrogens with one attached hydrogen (secondary N) is 1. The molecule has 1 atom stereocenters. The van der Waals surface area contributed by atoms with Gasteiger partial charge in [0.05, 0.1) is 4.90 Å². The van der Waals surface area contributed by atoms with Crippen LogP contribution in [-0.4, -0.2) is 8.42 Å². The highest BCUT2D eigenvalue weighted by Gasteiger charge is 2.25. The Balaban J connectivity index is 1.89. The molecule has 116 valence electrons. The minimum atomic E-state index is -3.57. The number of benzene rings is 2.